The van der Waals surface area contributed by atoms with E-state index >= 15 is 0 Å². The Balaban J connectivity index is 1.58. The van der Waals surface area contributed by atoms with Crippen molar-refractivity contribution in [3.8, 4) is 5.75 Å². The summed E-state index contributed by atoms with van der Waals surface area (Å²) in [4.78, 5) is 36.7. The molecule has 156 valence electrons. The Morgan fingerprint density at radius 2 is 1.73 bits per heavy atom. The van der Waals surface area contributed by atoms with Gasteiger partial charge in [-0.1, -0.05) is 30.3 Å². The largest absolute Gasteiger partial charge is 0.483 e. The molecule has 3 rings (SSSR count). The fourth-order valence-corrected chi connectivity index (χ4v) is 3.08. The molecular formula is C22H24N4O4. The second-order valence-corrected chi connectivity index (χ2v) is 7.10. The molecule has 1 aliphatic rings. The van der Waals surface area contributed by atoms with Crippen LogP contribution in [0.2, 0.25) is 0 Å². The maximum absolute atomic E-state index is 12.4. The van der Waals surface area contributed by atoms with Crippen LogP contribution in [-0.2, 0) is 14.4 Å². The van der Waals surface area contributed by atoms with Crippen LogP contribution >= 0.6 is 0 Å². The van der Waals surface area contributed by atoms with Gasteiger partial charge >= 0.3 is 0 Å². The normalized spacial score (nSPS) is 13.5. The molecule has 0 aromatic heterocycles. The topological polar surface area (TPSA) is 100 Å². The summed E-state index contributed by atoms with van der Waals surface area (Å²) in [6.07, 6.45) is 0.353. The molecular weight excluding hydrogens is 384 g/mol. The van der Waals surface area contributed by atoms with E-state index in [1.54, 1.807) is 6.07 Å². The Bertz CT molecular complexity index is 996. The summed E-state index contributed by atoms with van der Waals surface area (Å²) in [6.45, 7) is 5.45. The van der Waals surface area contributed by atoms with E-state index in [-0.39, 0.29) is 31.1 Å². The molecule has 0 spiro atoms. The molecule has 2 N–H and O–H groups in total. The standard InChI is InChI=1S/C22H24N4O4/c1-14-6-4-9-17(12-14)26-20(28)11-10-18(25-26)22(29)24-23-19(27)13-30-21-15(2)7-5-8-16(21)3/h4-9,12H,10-11,13H2,1-3H3,(H,23,27)(H,24,29). The van der Waals surface area contributed by atoms with Gasteiger partial charge in [0.25, 0.3) is 11.8 Å². The smallest absolute Gasteiger partial charge is 0.285 e. The van der Waals surface area contributed by atoms with Gasteiger partial charge in [0.05, 0.1) is 5.69 Å². The molecule has 1 aliphatic heterocycles. The lowest BCUT2D eigenvalue weighted by atomic mass is 10.1. The van der Waals surface area contributed by atoms with Gasteiger partial charge in [0, 0.05) is 12.8 Å². The van der Waals surface area contributed by atoms with E-state index in [2.05, 4.69) is 16.0 Å². The van der Waals surface area contributed by atoms with Crippen LogP contribution < -0.4 is 20.6 Å². The number of para-hydroxylation sites is 1. The third-order valence-electron chi connectivity index (χ3n) is 4.61. The van der Waals surface area contributed by atoms with Crippen molar-refractivity contribution >= 4 is 29.1 Å². The second kappa shape index (κ2) is 9.21. The number of nitrogens with one attached hydrogen (secondary N) is 2. The van der Waals surface area contributed by atoms with Gasteiger partial charge < -0.3 is 4.74 Å². The molecule has 3 amide bonds. The van der Waals surface area contributed by atoms with Gasteiger partial charge in [-0.25, -0.2) is 5.01 Å². The average Bonchev–Trinajstić information content (AvgIpc) is 2.72. The van der Waals surface area contributed by atoms with Crippen LogP contribution in [0.3, 0.4) is 0 Å². The van der Waals surface area contributed by atoms with E-state index in [0.29, 0.717) is 11.4 Å². The first kappa shape index (κ1) is 21.0. The first-order valence-electron chi connectivity index (χ1n) is 9.60. The number of amides is 3. The zero-order valence-corrected chi connectivity index (χ0v) is 17.2. The number of hydrazone groups is 1. The Hall–Kier alpha value is -3.68. The first-order valence-corrected chi connectivity index (χ1v) is 9.60. The summed E-state index contributed by atoms with van der Waals surface area (Å²) in [7, 11) is 0. The van der Waals surface area contributed by atoms with Crippen molar-refractivity contribution in [3.05, 3.63) is 59.2 Å². The molecule has 1 heterocycles. The molecule has 0 fully saturated rings. The SMILES string of the molecule is Cc1cccc(N2N=C(C(=O)NNC(=O)COc3c(C)cccc3C)CCC2=O)c1. The van der Waals surface area contributed by atoms with Gasteiger partial charge in [-0.3, -0.25) is 25.2 Å². The van der Waals surface area contributed by atoms with Crippen LogP contribution in [0, 0.1) is 20.8 Å². The summed E-state index contributed by atoms with van der Waals surface area (Å²) in [5.41, 5.74) is 8.21. The Morgan fingerprint density at radius 3 is 2.43 bits per heavy atom. The van der Waals surface area contributed by atoms with Crippen molar-refractivity contribution < 1.29 is 19.1 Å². The van der Waals surface area contributed by atoms with Crippen molar-refractivity contribution in [2.45, 2.75) is 33.6 Å². The number of rotatable bonds is 5. The molecule has 2 aromatic carbocycles. The number of hydrogen-bond acceptors (Lipinski definition) is 5. The van der Waals surface area contributed by atoms with Gasteiger partial charge in [-0.2, -0.15) is 5.10 Å². The minimum absolute atomic E-state index is 0.157. The number of hydrazine groups is 1. The van der Waals surface area contributed by atoms with E-state index < -0.39 is 11.8 Å². The Kier molecular flexibility index (Phi) is 6.46. The number of anilines is 1. The van der Waals surface area contributed by atoms with Crippen molar-refractivity contribution in [1.29, 1.82) is 0 Å². The average molecular weight is 408 g/mol. The van der Waals surface area contributed by atoms with Crippen molar-refractivity contribution in [3.63, 3.8) is 0 Å². The summed E-state index contributed by atoms with van der Waals surface area (Å²) in [6, 6.07) is 13.0. The highest BCUT2D eigenvalue weighted by Gasteiger charge is 2.26. The molecule has 0 saturated heterocycles. The van der Waals surface area contributed by atoms with Gasteiger partial charge in [0.1, 0.15) is 11.5 Å². The number of carbonyl (C=O) groups is 3. The van der Waals surface area contributed by atoms with Crippen LogP contribution in [0.1, 0.15) is 29.5 Å². The van der Waals surface area contributed by atoms with Crippen LogP contribution in [0.25, 0.3) is 0 Å². The van der Waals surface area contributed by atoms with Crippen molar-refractivity contribution in [2.24, 2.45) is 5.10 Å². The zero-order valence-electron chi connectivity index (χ0n) is 17.2. The summed E-state index contributed by atoms with van der Waals surface area (Å²) >= 11 is 0. The molecule has 0 atom stereocenters. The number of aryl methyl sites for hydroxylation is 3. The van der Waals surface area contributed by atoms with Crippen LogP contribution in [0.15, 0.2) is 47.6 Å². The second-order valence-electron chi connectivity index (χ2n) is 7.10. The lowest BCUT2D eigenvalue weighted by molar-refractivity contribution is -0.127. The molecule has 2 aromatic rings. The predicted octanol–water partition coefficient (Wildman–Crippen LogP) is 2.32. The number of benzene rings is 2. The molecule has 0 radical (unpaired) electrons. The highest BCUT2D eigenvalue weighted by Crippen LogP contribution is 2.22. The fraction of sp³-hybridized carbons (Fsp3) is 0.273. The number of carbonyl (C=O) groups excluding carboxylic acids is 3. The number of nitrogens with zero attached hydrogens (tertiary/aromatic N) is 2. The minimum Gasteiger partial charge on any atom is -0.483 e. The molecule has 30 heavy (non-hydrogen) atoms. The van der Waals surface area contributed by atoms with Crippen LogP contribution in [0.5, 0.6) is 5.75 Å². The first-order chi connectivity index (χ1) is 14.3. The predicted molar refractivity (Wildman–Crippen MR) is 113 cm³/mol. The highest BCUT2D eigenvalue weighted by atomic mass is 16.5. The highest BCUT2D eigenvalue weighted by molar-refractivity contribution is 6.40. The Labute approximate surface area is 174 Å². The maximum Gasteiger partial charge on any atom is 0.285 e. The molecule has 8 heteroatoms. The van der Waals surface area contributed by atoms with Gasteiger partial charge in [-0.15, -0.1) is 0 Å². The van der Waals surface area contributed by atoms with Crippen LogP contribution in [0.4, 0.5) is 5.69 Å². The quantitative estimate of drug-likeness (QED) is 0.742. The summed E-state index contributed by atoms with van der Waals surface area (Å²) < 4.78 is 5.56. The maximum atomic E-state index is 12.4. The molecule has 0 unspecified atom stereocenters. The van der Waals surface area contributed by atoms with Crippen LogP contribution in [-0.4, -0.2) is 30.0 Å². The Morgan fingerprint density at radius 1 is 1.03 bits per heavy atom. The number of hydrogen-bond donors (Lipinski definition) is 2. The fourth-order valence-electron chi connectivity index (χ4n) is 3.08. The van der Waals surface area contributed by atoms with E-state index in [4.69, 9.17) is 4.74 Å². The van der Waals surface area contributed by atoms with Crippen molar-refractivity contribution in [2.75, 3.05) is 11.6 Å². The molecule has 8 nitrogen and oxygen atoms in total. The van der Waals surface area contributed by atoms with Crippen molar-refractivity contribution in [1.82, 2.24) is 10.9 Å². The molecule has 0 bridgehead atoms. The molecule has 0 aliphatic carbocycles. The third-order valence-corrected chi connectivity index (χ3v) is 4.61. The summed E-state index contributed by atoms with van der Waals surface area (Å²) in [5.74, 6) is -0.624. The number of ether oxygens (including phenoxy) is 1. The zero-order chi connectivity index (χ0) is 21.7. The lowest BCUT2D eigenvalue weighted by Crippen LogP contribution is -2.48. The minimum atomic E-state index is -0.569. The van der Waals surface area contributed by atoms with Gasteiger partial charge in [-0.05, 0) is 49.6 Å². The van der Waals surface area contributed by atoms with E-state index in [9.17, 15) is 14.4 Å². The lowest BCUT2D eigenvalue weighted by Gasteiger charge is -2.23. The van der Waals surface area contributed by atoms with E-state index in [1.807, 2.05) is 57.2 Å². The molecule has 0 saturated carbocycles. The van der Waals surface area contributed by atoms with Gasteiger partial charge in [0.15, 0.2) is 6.61 Å². The monoisotopic (exact) mass is 408 g/mol. The van der Waals surface area contributed by atoms with E-state index in [0.717, 1.165) is 16.7 Å². The van der Waals surface area contributed by atoms with Gasteiger partial charge in [0.2, 0.25) is 5.91 Å². The summed E-state index contributed by atoms with van der Waals surface area (Å²) in [5, 5.41) is 5.39. The third kappa shape index (κ3) is 5.02. The van der Waals surface area contributed by atoms with E-state index in [1.165, 1.54) is 5.01 Å².